The molecule has 0 bridgehead atoms. The molecule has 2 aromatic carbocycles. The Hall–Kier alpha value is -3.50. The van der Waals surface area contributed by atoms with Crippen LogP contribution in [-0.2, 0) is 23.5 Å². The smallest absolute Gasteiger partial charge is 0.229 e. The number of rotatable bonds is 6. The number of imidazole rings is 1. The van der Waals surface area contributed by atoms with Gasteiger partial charge in [-0.1, -0.05) is 6.07 Å². The number of aryl methyl sites for hydroxylation is 4. The van der Waals surface area contributed by atoms with Crippen LogP contribution in [0.25, 0.3) is 11.0 Å². The predicted molar refractivity (Wildman–Crippen MR) is 134 cm³/mol. The van der Waals surface area contributed by atoms with Crippen LogP contribution in [-0.4, -0.2) is 34.2 Å². The van der Waals surface area contributed by atoms with Gasteiger partial charge in [0.15, 0.2) is 0 Å². The maximum atomic E-state index is 11.7. The second-order valence-corrected chi connectivity index (χ2v) is 10.6. The van der Waals surface area contributed by atoms with Gasteiger partial charge in [-0.2, -0.15) is 4.98 Å². The number of benzene rings is 2. The Morgan fingerprint density at radius 1 is 1.03 bits per heavy atom. The van der Waals surface area contributed by atoms with Gasteiger partial charge >= 0.3 is 0 Å². The number of anilines is 4. The van der Waals surface area contributed by atoms with Crippen molar-refractivity contribution in [2.24, 2.45) is 7.05 Å². The molecule has 0 saturated carbocycles. The minimum atomic E-state index is -3.28. The minimum Gasteiger partial charge on any atom is -0.340 e. The summed E-state index contributed by atoms with van der Waals surface area (Å²) in [5, 5.41) is 6.63. The molecule has 0 fully saturated rings. The molecule has 10 heteroatoms. The van der Waals surface area contributed by atoms with Crippen molar-refractivity contribution >= 4 is 44.2 Å². The van der Waals surface area contributed by atoms with E-state index in [0.29, 0.717) is 11.8 Å². The lowest BCUT2D eigenvalue weighted by molar-refractivity contribution is 0.560. The van der Waals surface area contributed by atoms with Crippen molar-refractivity contribution in [1.82, 2.24) is 24.2 Å². The van der Waals surface area contributed by atoms with E-state index in [1.165, 1.54) is 6.26 Å². The van der Waals surface area contributed by atoms with Crippen molar-refractivity contribution in [1.29, 1.82) is 0 Å². The van der Waals surface area contributed by atoms with Gasteiger partial charge < -0.3 is 15.2 Å². The standard InChI is InChI=1S/C24H27N7O2S/c1-14-13-25-24(28-18-8-10-22-21(12-18)26-15(2)31(22)3)29-23(14)27-17-7-5-16-6-9-20(19(16)11-17)30-34(4,32)33/h5,7-8,10-13,20,30H,6,9H2,1-4H3,(H2,25,27,28,29). The predicted octanol–water partition coefficient (Wildman–Crippen LogP) is 4.00. The van der Waals surface area contributed by atoms with Gasteiger partial charge in [0, 0.05) is 36.2 Å². The van der Waals surface area contributed by atoms with E-state index >= 15 is 0 Å². The van der Waals surface area contributed by atoms with E-state index < -0.39 is 10.0 Å². The SMILES string of the molecule is Cc1cnc(Nc2ccc3c(c2)nc(C)n3C)nc1Nc1ccc2c(c1)C(NS(C)(=O)=O)CC2. The Morgan fingerprint density at radius 2 is 1.79 bits per heavy atom. The molecule has 1 aliphatic rings. The van der Waals surface area contributed by atoms with Crippen molar-refractivity contribution in [3.05, 3.63) is 65.1 Å². The Morgan fingerprint density at radius 3 is 2.59 bits per heavy atom. The monoisotopic (exact) mass is 477 g/mol. The highest BCUT2D eigenvalue weighted by Crippen LogP contribution is 2.34. The van der Waals surface area contributed by atoms with E-state index in [1.807, 2.05) is 57.3 Å². The molecule has 3 N–H and O–H groups in total. The molecule has 0 radical (unpaired) electrons. The van der Waals surface area contributed by atoms with Gasteiger partial charge in [0.1, 0.15) is 11.6 Å². The maximum Gasteiger partial charge on any atom is 0.229 e. The molecular formula is C24H27N7O2S. The topological polar surface area (TPSA) is 114 Å². The molecule has 176 valence electrons. The summed E-state index contributed by atoms with van der Waals surface area (Å²) in [7, 11) is -1.29. The quantitative estimate of drug-likeness (QED) is 0.385. The highest BCUT2D eigenvalue weighted by molar-refractivity contribution is 7.88. The molecule has 5 rings (SSSR count). The van der Waals surface area contributed by atoms with Crippen LogP contribution < -0.4 is 15.4 Å². The third kappa shape index (κ3) is 4.46. The summed E-state index contributed by atoms with van der Waals surface area (Å²) >= 11 is 0. The summed E-state index contributed by atoms with van der Waals surface area (Å²) in [6.07, 6.45) is 4.57. The number of aromatic nitrogens is 4. The Balaban J connectivity index is 1.38. The van der Waals surface area contributed by atoms with Gasteiger partial charge in [0.25, 0.3) is 0 Å². The van der Waals surface area contributed by atoms with E-state index in [-0.39, 0.29) is 6.04 Å². The summed E-state index contributed by atoms with van der Waals surface area (Å²) in [6, 6.07) is 11.8. The molecule has 0 saturated heterocycles. The first-order valence-corrected chi connectivity index (χ1v) is 13.0. The first kappa shape index (κ1) is 22.3. The third-order valence-electron chi connectivity index (χ3n) is 6.17. The number of nitrogens with zero attached hydrogens (tertiary/aromatic N) is 4. The molecule has 2 aromatic heterocycles. The van der Waals surface area contributed by atoms with Gasteiger partial charge in [-0.25, -0.2) is 23.1 Å². The first-order valence-electron chi connectivity index (χ1n) is 11.1. The van der Waals surface area contributed by atoms with Crippen molar-refractivity contribution in [2.45, 2.75) is 32.7 Å². The molecule has 0 amide bonds. The average Bonchev–Trinajstić information content (AvgIpc) is 3.29. The Kier molecular flexibility index (Phi) is 5.49. The molecule has 4 aromatic rings. The van der Waals surface area contributed by atoms with Gasteiger partial charge in [-0.3, -0.25) is 0 Å². The summed E-state index contributed by atoms with van der Waals surface area (Å²) < 4.78 is 28.3. The van der Waals surface area contributed by atoms with Crippen LogP contribution in [0, 0.1) is 13.8 Å². The fourth-order valence-corrected chi connectivity index (χ4v) is 5.12. The molecule has 1 aliphatic carbocycles. The Bertz CT molecular complexity index is 1510. The molecular weight excluding hydrogens is 450 g/mol. The van der Waals surface area contributed by atoms with E-state index in [9.17, 15) is 8.42 Å². The largest absolute Gasteiger partial charge is 0.340 e. The highest BCUT2D eigenvalue weighted by Gasteiger charge is 2.25. The zero-order valence-corrected chi connectivity index (χ0v) is 20.4. The lowest BCUT2D eigenvalue weighted by Crippen LogP contribution is -2.25. The van der Waals surface area contributed by atoms with E-state index in [1.54, 1.807) is 6.20 Å². The molecule has 1 unspecified atom stereocenters. The second kappa shape index (κ2) is 8.37. The first-order chi connectivity index (χ1) is 16.2. The van der Waals surface area contributed by atoms with Crippen molar-refractivity contribution < 1.29 is 8.42 Å². The second-order valence-electron chi connectivity index (χ2n) is 8.79. The van der Waals surface area contributed by atoms with E-state index in [0.717, 1.165) is 57.8 Å². The van der Waals surface area contributed by atoms with Gasteiger partial charge in [0.2, 0.25) is 16.0 Å². The molecule has 0 spiro atoms. The van der Waals surface area contributed by atoms with Crippen molar-refractivity contribution in [3.63, 3.8) is 0 Å². The average molecular weight is 478 g/mol. The van der Waals surface area contributed by atoms with Gasteiger partial charge in [-0.05, 0) is 68.1 Å². The van der Waals surface area contributed by atoms with Crippen LogP contribution in [0.3, 0.4) is 0 Å². The van der Waals surface area contributed by atoms with Crippen LogP contribution >= 0.6 is 0 Å². The Labute approximate surface area is 198 Å². The number of nitrogens with one attached hydrogen (secondary N) is 3. The molecule has 0 aliphatic heterocycles. The summed E-state index contributed by atoms with van der Waals surface area (Å²) in [5.41, 5.74) is 6.73. The minimum absolute atomic E-state index is 0.208. The maximum absolute atomic E-state index is 11.7. The number of hydrogen-bond donors (Lipinski definition) is 3. The van der Waals surface area contributed by atoms with Gasteiger partial charge in [-0.15, -0.1) is 0 Å². The normalized spacial score (nSPS) is 15.5. The number of sulfonamides is 1. The van der Waals surface area contributed by atoms with Crippen LogP contribution in [0.2, 0.25) is 0 Å². The lowest BCUT2D eigenvalue weighted by atomic mass is 10.1. The van der Waals surface area contributed by atoms with Gasteiger partial charge in [0.05, 0.1) is 17.3 Å². The van der Waals surface area contributed by atoms with E-state index in [2.05, 4.69) is 34.9 Å². The number of fused-ring (bicyclic) bond motifs is 2. The number of hydrogen-bond acceptors (Lipinski definition) is 7. The van der Waals surface area contributed by atoms with Crippen LogP contribution in [0.5, 0.6) is 0 Å². The van der Waals surface area contributed by atoms with Crippen LogP contribution in [0.1, 0.15) is 35.0 Å². The fourth-order valence-electron chi connectivity index (χ4n) is 4.35. The molecule has 9 nitrogen and oxygen atoms in total. The van der Waals surface area contributed by atoms with Crippen LogP contribution in [0.15, 0.2) is 42.6 Å². The van der Waals surface area contributed by atoms with Crippen LogP contribution in [0.4, 0.5) is 23.1 Å². The highest BCUT2D eigenvalue weighted by atomic mass is 32.2. The summed E-state index contributed by atoms with van der Waals surface area (Å²) in [4.78, 5) is 13.7. The van der Waals surface area contributed by atoms with Crippen molar-refractivity contribution in [3.8, 4) is 0 Å². The fraction of sp³-hybridized carbons (Fsp3) is 0.292. The summed E-state index contributed by atoms with van der Waals surface area (Å²) in [6.45, 7) is 3.92. The zero-order valence-electron chi connectivity index (χ0n) is 19.5. The molecule has 1 atom stereocenters. The molecule has 2 heterocycles. The zero-order chi connectivity index (χ0) is 24.0. The van der Waals surface area contributed by atoms with Crippen molar-refractivity contribution in [2.75, 3.05) is 16.9 Å². The molecule has 34 heavy (non-hydrogen) atoms. The summed E-state index contributed by atoms with van der Waals surface area (Å²) in [5.74, 6) is 2.10. The van der Waals surface area contributed by atoms with E-state index in [4.69, 9.17) is 0 Å². The lowest BCUT2D eigenvalue weighted by Gasteiger charge is -2.15. The third-order valence-corrected chi connectivity index (χ3v) is 6.89.